The fourth-order valence-corrected chi connectivity index (χ4v) is 2.21. The maximum Gasteiger partial charge on any atom is 0.161 e. The molecule has 0 heterocycles. The molecule has 1 N–H and O–H groups in total. The van der Waals surface area contributed by atoms with E-state index >= 15 is 0 Å². The van der Waals surface area contributed by atoms with E-state index in [-0.39, 0.29) is 0 Å². The molecule has 2 aromatic carbocycles. The van der Waals surface area contributed by atoms with E-state index in [9.17, 15) is 0 Å². The number of methoxy groups -OCH3 is 1. The maximum atomic E-state index is 5.99. The Balaban J connectivity index is 2.08. The van der Waals surface area contributed by atoms with E-state index in [0.717, 1.165) is 22.7 Å². The van der Waals surface area contributed by atoms with Gasteiger partial charge in [0.25, 0.3) is 0 Å². The summed E-state index contributed by atoms with van der Waals surface area (Å²) in [6, 6.07) is 11.3. The zero-order chi connectivity index (χ0) is 15.2. The molecule has 0 aromatic heterocycles. The highest BCUT2D eigenvalue weighted by atomic mass is 35.5. The molecule has 3 nitrogen and oxygen atoms in total. The summed E-state index contributed by atoms with van der Waals surface area (Å²) in [6.45, 7) is 3.20. The van der Waals surface area contributed by atoms with Gasteiger partial charge in [-0.2, -0.15) is 0 Å². The summed E-state index contributed by atoms with van der Waals surface area (Å²) in [5.74, 6) is 1.48. The molecule has 0 fully saturated rings. The lowest BCUT2D eigenvalue weighted by Gasteiger charge is -2.12. The number of nitrogens with one attached hydrogen (secondary N) is 1. The Morgan fingerprint density at radius 3 is 2.48 bits per heavy atom. The van der Waals surface area contributed by atoms with Gasteiger partial charge in [-0.15, -0.1) is 0 Å². The van der Waals surface area contributed by atoms with E-state index in [2.05, 4.69) is 5.32 Å². The lowest BCUT2D eigenvalue weighted by atomic mass is 10.2. The van der Waals surface area contributed by atoms with E-state index in [0.29, 0.717) is 23.2 Å². The van der Waals surface area contributed by atoms with Gasteiger partial charge >= 0.3 is 0 Å². The van der Waals surface area contributed by atoms with E-state index in [1.165, 1.54) is 0 Å². The maximum absolute atomic E-state index is 5.99. The van der Waals surface area contributed by atoms with E-state index in [1.807, 2.05) is 31.2 Å². The first-order chi connectivity index (χ1) is 10.1. The van der Waals surface area contributed by atoms with Gasteiger partial charge in [0.1, 0.15) is 0 Å². The molecule has 0 spiro atoms. The van der Waals surface area contributed by atoms with Gasteiger partial charge in [0.2, 0.25) is 0 Å². The van der Waals surface area contributed by atoms with Gasteiger partial charge in [-0.3, -0.25) is 0 Å². The normalized spacial score (nSPS) is 10.3. The highest BCUT2D eigenvalue weighted by Crippen LogP contribution is 2.29. The highest BCUT2D eigenvalue weighted by molar-refractivity contribution is 6.42. The molecule has 0 saturated carbocycles. The Kier molecular flexibility index (Phi) is 5.59. The van der Waals surface area contributed by atoms with Crippen LogP contribution < -0.4 is 14.8 Å². The monoisotopic (exact) mass is 325 g/mol. The molecular formula is C16H17Cl2NO2. The second-order valence-electron chi connectivity index (χ2n) is 4.40. The van der Waals surface area contributed by atoms with Crippen LogP contribution in [0.25, 0.3) is 0 Å². The van der Waals surface area contributed by atoms with Crippen molar-refractivity contribution in [1.82, 2.24) is 0 Å². The van der Waals surface area contributed by atoms with Crippen molar-refractivity contribution in [3.63, 3.8) is 0 Å². The number of halogens is 2. The molecule has 0 amide bonds. The molecule has 0 aliphatic rings. The predicted molar refractivity (Wildman–Crippen MR) is 88.0 cm³/mol. The summed E-state index contributed by atoms with van der Waals surface area (Å²) in [4.78, 5) is 0. The van der Waals surface area contributed by atoms with Crippen molar-refractivity contribution < 1.29 is 9.47 Å². The molecule has 0 radical (unpaired) electrons. The average molecular weight is 326 g/mol. The fourth-order valence-electron chi connectivity index (χ4n) is 1.91. The Hall–Kier alpha value is -1.58. The van der Waals surface area contributed by atoms with Crippen molar-refractivity contribution in [3.8, 4) is 11.5 Å². The third-order valence-electron chi connectivity index (χ3n) is 2.94. The zero-order valence-electron chi connectivity index (χ0n) is 12.0. The number of ether oxygens (including phenoxy) is 2. The minimum Gasteiger partial charge on any atom is -0.493 e. The van der Waals surface area contributed by atoms with Crippen LogP contribution in [-0.2, 0) is 6.54 Å². The Morgan fingerprint density at radius 2 is 1.81 bits per heavy atom. The summed E-state index contributed by atoms with van der Waals surface area (Å²) >= 11 is 11.9. The lowest BCUT2D eigenvalue weighted by molar-refractivity contribution is 0.310. The van der Waals surface area contributed by atoms with Crippen molar-refractivity contribution in [2.24, 2.45) is 0 Å². The van der Waals surface area contributed by atoms with Crippen LogP contribution in [0.1, 0.15) is 12.5 Å². The van der Waals surface area contributed by atoms with Crippen molar-refractivity contribution >= 4 is 28.9 Å². The van der Waals surface area contributed by atoms with E-state index < -0.39 is 0 Å². The van der Waals surface area contributed by atoms with Gasteiger partial charge in [0, 0.05) is 12.2 Å². The van der Waals surface area contributed by atoms with Crippen LogP contribution in [0.4, 0.5) is 5.69 Å². The van der Waals surface area contributed by atoms with E-state index in [1.54, 1.807) is 19.2 Å². The number of benzene rings is 2. The number of rotatable bonds is 6. The SMILES string of the molecule is CCOc1cc(CNc2ccc(Cl)c(Cl)c2)ccc1OC. The molecule has 2 rings (SSSR count). The van der Waals surface area contributed by atoms with Gasteiger partial charge in [-0.1, -0.05) is 29.3 Å². The standard InChI is InChI=1S/C16H17Cl2NO2/c1-3-21-16-8-11(4-7-15(16)20-2)10-19-12-5-6-13(17)14(18)9-12/h4-9,19H,3,10H2,1-2H3. The number of anilines is 1. The minimum absolute atomic E-state index is 0.534. The topological polar surface area (TPSA) is 30.5 Å². The van der Waals surface area contributed by atoms with Crippen LogP contribution in [0.15, 0.2) is 36.4 Å². The van der Waals surface area contributed by atoms with Gasteiger partial charge in [-0.25, -0.2) is 0 Å². The Bertz CT molecular complexity index is 617. The molecule has 0 atom stereocenters. The second-order valence-corrected chi connectivity index (χ2v) is 5.22. The first kappa shape index (κ1) is 15.8. The average Bonchev–Trinajstić information content (AvgIpc) is 2.49. The Morgan fingerprint density at radius 1 is 1.00 bits per heavy atom. The van der Waals surface area contributed by atoms with Crippen molar-refractivity contribution in [2.75, 3.05) is 19.0 Å². The highest BCUT2D eigenvalue weighted by Gasteiger charge is 2.06. The molecule has 21 heavy (non-hydrogen) atoms. The number of hydrogen-bond donors (Lipinski definition) is 1. The summed E-state index contributed by atoms with van der Waals surface area (Å²) in [5.41, 5.74) is 2.00. The van der Waals surface area contributed by atoms with Crippen LogP contribution in [0.2, 0.25) is 10.0 Å². The molecule has 0 aliphatic carbocycles. The van der Waals surface area contributed by atoms with Crippen molar-refractivity contribution in [3.05, 3.63) is 52.0 Å². The van der Waals surface area contributed by atoms with Crippen LogP contribution >= 0.6 is 23.2 Å². The third kappa shape index (κ3) is 4.19. The van der Waals surface area contributed by atoms with Crippen LogP contribution in [0, 0.1) is 0 Å². The molecule has 0 saturated heterocycles. The number of hydrogen-bond acceptors (Lipinski definition) is 3. The van der Waals surface area contributed by atoms with Crippen LogP contribution in [0.5, 0.6) is 11.5 Å². The smallest absolute Gasteiger partial charge is 0.161 e. The first-order valence-corrected chi connectivity index (χ1v) is 7.38. The summed E-state index contributed by atoms with van der Waals surface area (Å²) in [6.07, 6.45) is 0. The van der Waals surface area contributed by atoms with Crippen molar-refractivity contribution in [1.29, 1.82) is 0 Å². The largest absolute Gasteiger partial charge is 0.493 e. The molecule has 0 unspecified atom stereocenters. The van der Waals surface area contributed by atoms with Crippen LogP contribution in [0.3, 0.4) is 0 Å². The summed E-state index contributed by atoms with van der Waals surface area (Å²) in [5, 5.41) is 4.38. The zero-order valence-corrected chi connectivity index (χ0v) is 13.5. The molecule has 112 valence electrons. The summed E-state index contributed by atoms with van der Waals surface area (Å²) in [7, 11) is 1.63. The van der Waals surface area contributed by atoms with Gasteiger partial charge < -0.3 is 14.8 Å². The molecule has 0 aliphatic heterocycles. The Labute approximate surface area is 134 Å². The van der Waals surface area contributed by atoms with Gasteiger partial charge in [0.15, 0.2) is 11.5 Å². The molecular weight excluding hydrogens is 309 g/mol. The van der Waals surface area contributed by atoms with Gasteiger partial charge in [-0.05, 0) is 42.8 Å². The fraction of sp³-hybridized carbons (Fsp3) is 0.250. The quantitative estimate of drug-likeness (QED) is 0.809. The van der Waals surface area contributed by atoms with Gasteiger partial charge in [0.05, 0.1) is 23.8 Å². The van der Waals surface area contributed by atoms with E-state index in [4.69, 9.17) is 32.7 Å². The third-order valence-corrected chi connectivity index (χ3v) is 3.68. The molecule has 0 bridgehead atoms. The molecule has 2 aromatic rings. The summed E-state index contributed by atoms with van der Waals surface area (Å²) < 4.78 is 10.8. The molecule has 5 heteroatoms. The van der Waals surface area contributed by atoms with Crippen LogP contribution in [-0.4, -0.2) is 13.7 Å². The van der Waals surface area contributed by atoms with Crippen molar-refractivity contribution in [2.45, 2.75) is 13.5 Å². The minimum atomic E-state index is 0.534. The lowest BCUT2D eigenvalue weighted by Crippen LogP contribution is -2.01. The second kappa shape index (κ2) is 7.43. The first-order valence-electron chi connectivity index (χ1n) is 6.62. The predicted octanol–water partition coefficient (Wildman–Crippen LogP) is 5.01.